The van der Waals surface area contributed by atoms with E-state index < -0.39 is 0 Å². The van der Waals surface area contributed by atoms with Gasteiger partial charge in [-0.3, -0.25) is 4.99 Å². The van der Waals surface area contributed by atoms with Crippen molar-refractivity contribution in [3.63, 3.8) is 0 Å². The van der Waals surface area contributed by atoms with Gasteiger partial charge < -0.3 is 25.0 Å². The van der Waals surface area contributed by atoms with Gasteiger partial charge in [0, 0.05) is 58.2 Å². The molecule has 0 amide bonds. The summed E-state index contributed by atoms with van der Waals surface area (Å²) in [5.41, 5.74) is 1.16. The average molecular weight is 523 g/mol. The van der Waals surface area contributed by atoms with Crippen molar-refractivity contribution in [2.75, 3.05) is 57.9 Å². The van der Waals surface area contributed by atoms with Gasteiger partial charge in [-0.2, -0.15) is 0 Å². The molecule has 1 unspecified atom stereocenters. The van der Waals surface area contributed by atoms with Crippen LogP contribution >= 0.6 is 35.3 Å². The van der Waals surface area contributed by atoms with Gasteiger partial charge in [0.15, 0.2) is 11.1 Å². The lowest BCUT2D eigenvalue weighted by Crippen LogP contribution is -2.39. The van der Waals surface area contributed by atoms with Crippen molar-refractivity contribution in [2.45, 2.75) is 44.6 Å². The van der Waals surface area contributed by atoms with Crippen LogP contribution in [0.3, 0.4) is 0 Å². The van der Waals surface area contributed by atoms with Crippen LogP contribution in [0.5, 0.6) is 0 Å². The van der Waals surface area contributed by atoms with Crippen molar-refractivity contribution >= 4 is 46.4 Å². The highest BCUT2D eigenvalue weighted by Gasteiger charge is 2.16. The summed E-state index contributed by atoms with van der Waals surface area (Å²) in [7, 11) is 1.80. The largest absolute Gasteiger partial charge is 0.379 e. The third-order valence-corrected chi connectivity index (χ3v) is 5.85. The van der Waals surface area contributed by atoms with Crippen molar-refractivity contribution in [2.24, 2.45) is 4.99 Å². The minimum absolute atomic E-state index is 0. The molecule has 3 rings (SSSR count). The zero-order valence-electron chi connectivity index (χ0n) is 16.8. The number of ether oxygens (including phenoxy) is 2. The number of hydrogen-bond acceptors (Lipinski definition) is 6. The van der Waals surface area contributed by atoms with E-state index >= 15 is 0 Å². The zero-order valence-corrected chi connectivity index (χ0v) is 20.0. The molecule has 2 aliphatic rings. The summed E-state index contributed by atoms with van der Waals surface area (Å²) in [6, 6.07) is 0. The average Bonchev–Trinajstić information content (AvgIpc) is 3.45. The normalized spacial score (nSPS) is 19.7. The fourth-order valence-corrected chi connectivity index (χ4v) is 4.28. The van der Waals surface area contributed by atoms with Crippen molar-refractivity contribution in [3.8, 4) is 0 Å². The van der Waals surface area contributed by atoms with Crippen molar-refractivity contribution in [3.05, 3.63) is 11.1 Å². The predicted molar refractivity (Wildman–Crippen MR) is 126 cm³/mol. The van der Waals surface area contributed by atoms with Crippen LogP contribution in [0.25, 0.3) is 0 Å². The highest BCUT2D eigenvalue weighted by atomic mass is 127. The quantitative estimate of drug-likeness (QED) is 0.213. The minimum Gasteiger partial charge on any atom is -0.379 e. The van der Waals surface area contributed by atoms with E-state index in [1.807, 2.05) is 0 Å². The number of aromatic nitrogens is 1. The lowest BCUT2D eigenvalue weighted by atomic mass is 10.2. The molecule has 7 nitrogen and oxygen atoms in total. The molecule has 2 fully saturated rings. The molecule has 3 heterocycles. The van der Waals surface area contributed by atoms with Crippen LogP contribution in [0.2, 0.25) is 0 Å². The van der Waals surface area contributed by atoms with Gasteiger partial charge in [-0.1, -0.05) is 0 Å². The number of nitrogens with one attached hydrogen (secondary N) is 2. The Labute approximate surface area is 189 Å². The lowest BCUT2D eigenvalue weighted by Gasteiger charge is -2.13. The van der Waals surface area contributed by atoms with Crippen LogP contribution in [0.1, 0.15) is 37.8 Å². The second-order valence-corrected chi connectivity index (χ2v) is 7.89. The first-order chi connectivity index (χ1) is 13.3. The van der Waals surface area contributed by atoms with Gasteiger partial charge in [-0.05, 0) is 32.1 Å². The molecular weight excluding hydrogens is 489 g/mol. The topological polar surface area (TPSA) is 71.0 Å². The minimum atomic E-state index is 0. The Hall–Kier alpha value is -0.650. The molecule has 9 heteroatoms. The Morgan fingerprint density at radius 2 is 2.14 bits per heavy atom. The first-order valence-corrected chi connectivity index (χ1v) is 11.1. The van der Waals surface area contributed by atoms with E-state index in [1.165, 1.54) is 18.0 Å². The fourth-order valence-electron chi connectivity index (χ4n) is 3.37. The van der Waals surface area contributed by atoms with Gasteiger partial charge in [0.25, 0.3) is 0 Å². The van der Waals surface area contributed by atoms with Crippen molar-refractivity contribution < 1.29 is 9.47 Å². The standard InChI is InChI=1S/C19H33N5O2S.HI/c1-20-18(21-8-5-12-25-14-17-6-4-13-26-17)22-9-7-16-15-27-19(23-16)24-10-2-3-11-24;/h15,17H,2-14H2,1H3,(H2,20,21,22);1H. The molecule has 1 aromatic rings. The Morgan fingerprint density at radius 1 is 1.32 bits per heavy atom. The van der Waals surface area contributed by atoms with Gasteiger partial charge in [-0.25, -0.2) is 4.98 Å². The SMILES string of the molecule is CN=C(NCCCOCC1CCCO1)NCCc1csc(N2CCCC2)n1.I. The summed E-state index contributed by atoms with van der Waals surface area (Å²) in [5.74, 6) is 0.837. The number of thiazole rings is 1. The summed E-state index contributed by atoms with van der Waals surface area (Å²) < 4.78 is 11.2. The van der Waals surface area contributed by atoms with Crippen LogP contribution in [-0.2, 0) is 15.9 Å². The molecule has 2 saturated heterocycles. The highest BCUT2D eigenvalue weighted by Crippen LogP contribution is 2.24. The van der Waals surface area contributed by atoms with E-state index in [0.29, 0.717) is 6.10 Å². The summed E-state index contributed by atoms with van der Waals surface area (Å²) in [6.45, 7) is 6.34. The van der Waals surface area contributed by atoms with Crippen LogP contribution in [-0.4, -0.2) is 70.1 Å². The first kappa shape index (κ1) is 23.6. The first-order valence-electron chi connectivity index (χ1n) is 10.2. The maximum absolute atomic E-state index is 5.68. The number of nitrogens with zero attached hydrogens (tertiary/aromatic N) is 3. The monoisotopic (exact) mass is 523 g/mol. The van der Waals surface area contributed by atoms with Crippen LogP contribution in [0, 0.1) is 0 Å². The van der Waals surface area contributed by atoms with E-state index in [-0.39, 0.29) is 24.0 Å². The lowest BCUT2D eigenvalue weighted by molar-refractivity contribution is 0.0168. The maximum Gasteiger partial charge on any atom is 0.190 e. The number of rotatable bonds is 10. The number of aliphatic imine (C=N–C) groups is 1. The second kappa shape index (κ2) is 13.6. The number of halogens is 1. The molecule has 0 saturated carbocycles. The third kappa shape index (κ3) is 8.00. The maximum atomic E-state index is 5.68. The molecule has 28 heavy (non-hydrogen) atoms. The Balaban J connectivity index is 0.00000280. The van der Waals surface area contributed by atoms with Crippen molar-refractivity contribution in [1.82, 2.24) is 15.6 Å². The van der Waals surface area contributed by atoms with Gasteiger partial charge >= 0.3 is 0 Å². The summed E-state index contributed by atoms with van der Waals surface area (Å²) in [6.07, 6.45) is 7.05. The summed E-state index contributed by atoms with van der Waals surface area (Å²) in [4.78, 5) is 11.4. The smallest absolute Gasteiger partial charge is 0.190 e. The van der Waals surface area contributed by atoms with Crippen LogP contribution in [0.15, 0.2) is 10.4 Å². The van der Waals surface area contributed by atoms with Crippen LogP contribution < -0.4 is 15.5 Å². The Kier molecular flexibility index (Phi) is 11.4. The number of guanidine groups is 1. The molecule has 0 aromatic carbocycles. The Bertz CT molecular complexity index is 574. The van der Waals surface area contributed by atoms with Gasteiger partial charge in [0.05, 0.1) is 18.4 Å². The summed E-state index contributed by atoms with van der Waals surface area (Å²) in [5, 5.41) is 10.0. The Morgan fingerprint density at radius 3 is 2.89 bits per heavy atom. The van der Waals surface area contributed by atoms with E-state index in [4.69, 9.17) is 14.5 Å². The molecule has 1 aromatic heterocycles. The number of anilines is 1. The molecule has 2 N–H and O–H groups in total. The number of hydrogen-bond donors (Lipinski definition) is 2. The summed E-state index contributed by atoms with van der Waals surface area (Å²) >= 11 is 1.76. The highest BCUT2D eigenvalue weighted by molar-refractivity contribution is 14.0. The third-order valence-electron chi connectivity index (χ3n) is 4.90. The van der Waals surface area contributed by atoms with E-state index in [9.17, 15) is 0 Å². The van der Waals surface area contributed by atoms with Gasteiger partial charge in [0.1, 0.15) is 0 Å². The predicted octanol–water partition coefficient (Wildman–Crippen LogP) is 2.65. The molecule has 160 valence electrons. The van der Waals surface area contributed by atoms with E-state index in [2.05, 4.69) is 25.9 Å². The second-order valence-electron chi connectivity index (χ2n) is 7.05. The molecular formula is C19H34IN5O2S. The van der Waals surface area contributed by atoms with E-state index in [0.717, 1.165) is 83.3 Å². The van der Waals surface area contributed by atoms with Crippen molar-refractivity contribution in [1.29, 1.82) is 0 Å². The molecule has 1 atom stereocenters. The van der Waals surface area contributed by atoms with Gasteiger partial charge in [0.2, 0.25) is 0 Å². The molecule has 2 aliphatic heterocycles. The molecule has 0 spiro atoms. The molecule has 0 bridgehead atoms. The van der Waals surface area contributed by atoms with E-state index in [1.54, 1.807) is 18.4 Å². The van der Waals surface area contributed by atoms with Crippen LogP contribution in [0.4, 0.5) is 5.13 Å². The van der Waals surface area contributed by atoms with Gasteiger partial charge in [-0.15, -0.1) is 35.3 Å². The zero-order chi connectivity index (χ0) is 18.7. The fraction of sp³-hybridized carbons (Fsp3) is 0.789. The molecule has 0 radical (unpaired) electrons. The molecule has 0 aliphatic carbocycles.